The summed E-state index contributed by atoms with van der Waals surface area (Å²) >= 11 is 0. The fraction of sp³-hybridized carbons (Fsp3) is 0.200. The SMILES string of the molecule is CC(NCc1ccc(F)cc1)c1ccccc1.Cl. The highest BCUT2D eigenvalue weighted by Gasteiger charge is 2.03. The van der Waals surface area contributed by atoms with E-state index in [0.717, 1.165) is 12.1 Å². The van der Waals surface area contributed by atoms with Crippen LogP contribution in [0, 0.1) is 5.82 Å². The zero-order valence-corrected chi connectivity index (χ0v) is 11.1. The van der Waals surface area contributed by atoms with Crippen molar-refractivity contribution in [2.24, 2.45) is 0 Å². The second-order valence-electron chi connectivity index (χ2n) is 4.14. The van der Waals surface area contributed by atoms with Crippen molar-refractivity contribution >= 4 is 12.4 Å². The third-order valence-corrected chi connectivity index (χ3v) is 2.83. The molecule has 2 rings (SSSR count). The molecule has 1 N–H and O–H groups in total. The lowest BCUT2D eigenvalue weighted by molar-refractivity contribution is 0.573. The van der Waals surface area contributed by atoms with E-state index in [4.69, 9.17) is 0 Å². The van der Waals surface area contributed by atoms with E-state index < -0.39 is 0 Å². The molecule has 2 aromatic rings. The maximum Gasteiger partial charge on any atom is 0.123 e. The van der Waals surface area contributed by atoms with Crippen molar-refractivity contribution < 1.29 is 4.39 Å². The molecule has 0 heterocycles. The number of nitrogens with one attached hydrogen (secondary N) is 1. The van der Waals surface area contributed by atoms with Gasteiger partial charge >= 0.3 is 0 Å². The highest BCUT2D eigenvalue weighted by Crippen LogP contribution is 2.12. The Labute approximate surface area is 113 Å². The maximum absolute atomic E-state index is 12.7. The highest BCUT2D eigenvalue weighted by atomic mass is 35.5. The number of hydrogen-bond acceptors (Lipinski definition) is 1. The monoisotopic (exact) mass is 265 g/mol. The van der Waals surface area contributed by atoms with Gasteiger partial charge in [-0.15, -0.1) is 12.4 Å². The van der Waals surface area contributed by atoms with E-state index in [-0.39, 0.29) is 18.2 Å². The van der Waals surface area contributed by atoms with Crippen LogP contribution in [0.15, 0.2) is 54.6 Å². The van der Waals surface area contributed by atoms with E-state index in [2.05, 4.69) is 24.4 Å². The van der Waals surface area contributed by atoms with Crippen LogP contribution in [0.2, 0.25) is 0 Å². The molecule has 0 radical (unpaired) electrons. The molecule has 1 atom stereocenters. The summed E-state index contributed by atoms with van der Waals surface area (Å²) in [6.45, 7) is 2.87. The van der Waals surface area contributed by atoms with Crippen LogP contribution in [-0.4, -0.2) is 0 Å². The van der Waals surface area contributed by atoms with Crippen LogP contribution >= 0.6 is 12.4 Å². The molecule has 0 saturated heterocycles. The smallest absolute Gasteiger partial charge is 0.123 e. The van der Waals surface area contributed by atoms with Crippen LogP contribution in [0.25, 0.3) is 0 Å². The van der Waals surface area contributed by atoms with Crippen LogP contribution in [0.5, 0.6) is 0 Å². The number of halogens is 2. The molecule has 0 aliphatic carbocycles. The van der Waals surface area contributed by atoms with Gasteiger partial charge < -0.3 is 5.32 Å². The van der Waals surface area contributed by atoms with E-state index in [1.54, 1.807) is 12.1 Å². The van der Waals surface area contributed by atoms with Gasteiger partial charge in [0.15, 0.2) is 0 Å². The summed E-state index contributed by atoms with van der Waals surface area (Å²) < 4.78 is 12.7. The zero-order valence-electron chi connectivity index (χ0n) is 10.3. The standard InChI is InChI=1S/C15H16FN.ClH/c1-12(14-5-3-2-4-6-14)17-11-13-7-9-15(16)10-8-13;/h2-10,12,17H,11H2,1H3;1H. The molecule has 18 heavy (non-hydrogen) atoms. The quantitative estimate of drug-likeness (QED) is 0.878. The van der Waals surface area contributed by atoms with Crippen molar-refractivity contribution in [3.8, 4) is 0 Å². The zero-order chi connectivity index (χ0) is 12.1. The van der Waals surface area contributed by atoms with Crippen molar-refractivity contribution in [3.05, 3.63) is 71.5 Å². The van der Waals surface area contributed by atoms with E-state index in [1.807, 2.05) is 18.2 Å². The van der Waals surface area contributed by atoms with Gasteiger partial charge in [0.1, 0.15) is 5.82 Å². The summed E-state index contributed by atoms with van der Waals surface area (Å²) in [6.07, 6.45) is 0. The summed E-state index contributed by atoms with van der Waals surface area (Å²) in [6, 6.07) is 17.2. The summed E-state index contributed by atoms with van der Waals surface area (Å²) in [5.74, 6) is -0.190. The van der Waals surface area contributed by atoms with Gasteiger partial charge in [0, 0.05) is 12.6 Å². The largest absolute Gasteiger partial charge is 0.306 e. The van der Waals surface area contributed by atoms with Crippen molar-refractivity contribution in [2.45, 2.75) is 19.5 Å². The number of hydrogen-bond donors (Lipinski definition) is 1. The van der Waals surface area contributed by atoms with E-state index >= 15 is 0 Å². The Balaban J connectivity index is 0.00000162. The molecule has 1 nitrogen and oxygen atoms in total. The van der Waals surface area contributed by atoms with Crippen LogP contribution in [-0.2, 0) is 6.54 Å². The van der Waals surface area contributed by atoms with Gasteiger partial charge in [-0.2, -0.15) is 0 Å². The molecule has 0 aliphatic heterocycles. The number of rotatable bonds is 4. The lowest BCUT2D eigenvalue weighted by Gasteiger charge is -2.14. The second kappa shape index (κ2) is 7.14. The van der Waals surface area contributed by atoms with E-state index in [9.17, 15) is 4.39 Å². The number of benzene rings is 2. The highest BCUT2D eigenvalue weighted by molar-refractivity contribution is 5.85. The molecule has 0 bridgehead atoms. The predicted molar refractivity (Wildman–Crippen MR) is 75.3 cm³/mol. The van der Waals surface area contributed by atoms with Gasteiger partial charge in [-0.3, -0.25) is 0 Å². The second-order valence-corrected chi connectivity index (χ2v) is 4.14. The molecule has 1 unspecified atom stereocenters. The van der Waals surface area contributed by atoms with Gasteiger partial charge in [-0.1, -0.05) is 42.5 Å². The van der Waals surface area contributed by atoms with E-state index in [1.165, 1.54) is 17.7 Å². The summed E-state index contributed by atoms with van der Waals surface area (Å²) in [7, 11) is 0. The predicted octanol–water partition coefficient (Wildman–Crippen LogP) is 4.10. The molecule has 0 saturated carbocycles. The average Bonchev–Trinajstić information content (AvgIpc) is 2.39. The molecular formula is C15H17ClFN. The fourth-order valence-electron chi connectivity index (χ4n) is 1.73. The van der Waals surface area contributed by atoms with Gasteiger partial charge in [-0.05, 0) is 30.2 Å². The molecule has 0 aromatic heterocycles. The first-order chi connectivity index (χ1) is 8.25. The molecule has 0 aliphatic rings. The minimum atomic E-state index is -0.190. The summed E-state index contributed by atoms with van der Waals surface area (Å²) in [5.41, 5.74) is 2.35. The minimum absolute atomic E-state index is 0. The Hall–Kier alpha value is -1.38. The Morgan fingerprint density at radius 1 is 1.00 bits per heavy atom. The summed E-state index contributed by atoms with van der Waals surface area (Å²) in [4.78, 5) is 0. The van der Waals surface area contributed by atoms with Crippen molar-refractivity contribution in [1.82, 2.24) is 5.32 Å². The molecule has 3 heteroatoms. The Kier molecular flexibility index (Phi) is 5.83. The third kappa shape index (κ3) is 4.13. The van der Waals surface area contributed by atoms with Crippen LogP contribution in [0.4, 0.5) is 4.39 Å². The summed E-state index contributed by atoms with van der Waals surface area (Å²) in [5, 5.41) is 3.41. The first kappa shape index (κ1) is 14.7. The molecule has 2 aromatic carbocycles. The maximum atomic E-state index is 12.7. The molecule has 0 fully saturated rings. The van der Waals surface area contributed by atoms with Gasteiger partial charge in [0.2, 0.25) is 0 Å². The molecule has 0 spiro atoms. The molecule has 96 valence electrons. The van der Waals surface area contributed by atoms with Crippen LogP contribution in [0.1, 0.15) is 24.1 Å². The van der Waals surface area contributed by atoms with Crippen molar-refractivity contribution in [3.63, 3.8) is 0 Å². The van der Waals surface area contributed by atoms with Gasteiger partial charge in [0.25, 0.3) is 0 Å². The topological polar surface area (TPSA) is 12.0 Å². The molecular weight excluding hydrogens is 249 g/mol. The Morgan fingerprint density at radius 2 is 1.61 bits per heavy atom. The van der Waals surface area contributed by atoms with Crippen LogP contribution in [0.3, 0.4) is 0 Å². The Bertz CT molecular complexity index is 456. The normalized spacial score (nSPS) is 11.7. The van der Waals surface area contributed by atoms with Crippen molar-refractivity contribution in [2.75, 3.05) is 0 Å². The van der Waals surface area contributed by atoms with Crippen LogP contribution < -0.4 is 5.32 Å². The minimum Gasteiger partial charge on any atom is -0.306 e. The lowest BCUT2D eigenvalue weighted by Crippen LogP contribution is -2.17. The first-order valence-electron chi connectivity index (χ1n) is 5.78. The van der Waals surface area contributed by atoms with Crippen molar-refractivity contribution in [1.29, 1.82) is 0 Å². The Morgan fingerprint density at radius 3 is 2.22 bits per heavy atom. The average molecular weight is 266 g/mol. The van der Waals surface area contributed by atoms with Gasteiger partial charge in [0.05, 0.1) is 0 Å². The van der Waals surface area contributed by atoms with Gasteiger partial charge in [-0.25, -0.2) is 4.39 Å². The van der Waals surface area contributed by atoms with E-state index in [0.29, 0.717) is 6.04 Å². The fourth-order valence-corrected chi connectivity index (χ4v) is 1.73. The molecule has 0 amide bonds. The lowest BCUT2D eigenvalue weighted by atomic mass is 10.1. The first-order valence-corrected chi connectivity index (χ1v) is 5.78. The third-order valence-electron chi connectivity index (χ3n) is 2.83.